The van der Waals surface area contributed by atoms with Crippen molar-refractivity contribution in [1.29, 1.82) is 0 Å². The SMILES string of the molecule is COc1ccc(CNC(=S)NC[C@H](O)c2ccccc2)cc1. The largest absolute Gasteiger partial charge is 0.497 e. The number of aliphatic hydroxyl groups excluding tert-OH is 1. The third kappa shape index (κ3) is 5.02. The second-order valence-electron chi connectivity index (χ2n) is 4.84. The van der Waals surface area contributed by atoms with E-state index < -0.39 is 6.10 Å². The van der Waals surface area contributed by atoms with Gasteiger partial charge in [-0.1, -0.05) is 42.5 Å². The summed E-state index contributed by atoms with van der Waals surface area (Å²) in [6.07, 6.45) is -0.582. The Kier molecular flexibility index (Phi) is 6.18. The summed E-state index contributed by atoms with van der Waals surface area (Å²) in [5, 5.41) is 16.7. The van der Waals surface area contributed by atoms with Gasteiger partial charge in [0.2, 0.25) is 0 Å². The van der Waals surface area contributed by atoms with Gasteiger partial charge in [0, 0.05) is 13.1 Å². The monoisotopic (exact) mass is 316 g/mol. The molecule has 0 bridgehead atoms. The lowest BCUT2D eigenvalue weighted by Crippen LogP contribution is -2.37. The van der Waals surface area contributed by atoms with Crippen molar-refractivity contribution in [2.45, 2.75) is 12.6 Å². The van der Waals surface area contributed by atoms with Crippen LogP contribution < -0.4 is 15.4 Å². The Labute approximate surface area is 136 Å². The Balaban J connectivity index is 1.73. The topological polar surface area (TPSA) is 53.5 Å². The minimum absolute atomic E-state index is 0.373. The molecule has 0 spiro atoms. The van der Waals surface area contributed by atoms with Crippen LogP contribution in [0.1, 0.15) is 17.2 Å². The molecule has 0 amide bonds. The van der Waals surface area contributed by atoms with E-state index in [0.29, 0.717) is 18.2 Å². The van der Waals surface area contributed by atoms with Gasteiger partial charge < -0.3 is 20.5 Å². The highest BCUT2D eigenvalue weighted by Gasteiger charge is 2.07. The predicted octanol–water partition coefficient (Wildman–Crippen LogP) is 2.39. The van der Waals surface area contributed by atoms with Crippen LogP contribution in [0.25, 0.3) is 0 Å². The van der Waals surface area contributed by atoms with Crippen molar-refractivity contribution in [3.05, 3.63) is 65.7 Å². The highest BCUT2D eigenvalue weighted by molar-refractivity contribution is 7.80. The summed E-state index contributed by atoms with van der Waals surface area (Å²) >= 11 is 5.21. The van der Waals surface area contributed by atoms with Gasteiger partial charge in [0.1, 0.15) is 5.75 Å². The van der Waals surface area contributed by atoms with Crippen LogP contribution >= 0.6 is 12.2 Å². The van der Waals surface area contributed by atoms with Crippen LogP contribution in [0.3, 0.4) is 0 Å². The minimum atomic E-state index is -0.582. The van der Waals surface area contributed by atoms with E-state index in [4.69, 9.17) is 17.0 Å². The van der Waals surface area contributed by atoms with E-state index in [-0.39, 0.29) is 0 Å². The van der Waals surface area contributed by atoms with E-state index in [1.165, 1.54) is 0 Å². The number of methoxy groups -OCH3 is 1. The summed E-state index contributed by atoms with van der Waals surface area (Å²) < 4.78 is 5.12. The predicted molar refractivity (Wildman–Crippen MR) is 91.8 cm³/mol. The van der Waals surface area contributed by atoms with Gasteiger partial charge in [-0.3, -0.25) is 0 Å². The first-order valence-electron chi connectivity index (χ1n) is 7.06. The van der Waals surface area contributed by atoms with Gasteiger partial charge in [-0.2, -0.15) is 0 Å². The molecule has 116 valence electrons. The molecule has 0 saturated heterocycles. The van der Waals surface area contributed by atoms with Crippen LogP contribution in [-0.4, -0.2) is 23.9 Å². The molecule has 0 aliphatic heterocycles. The van der Waals surface area contributed by atoms with Crippen LogP contribution in [0.5, 0.6) is 5.75 Å². The van der Waals surface area contributed by atoms with E-state index in [2.05, 4.69) is 10.6 Å². The molecule has 0 fully saturated rings. The second-order valence-corrected chi connectivity index (χ2v) is 5.25. The number of aliphatic hydroxyl groups is 1. The van der Waals surface area contributed by atoms with Crippen molar-refractivity contribution >= 4 is 17.3 Å². The van der Waals surface area contributed by atoms with Crippen molar-refractivity contribution in [3.8, 4) is 5.75 Å². The molecule has 3 N–H and O–H groups in total. The van der Waals surface area contributed by atoms with Crippen molar-refractivity contribution < 1.29 is 9.84 Å². The summed E-state index contributed by atoms with van der Waals surface area (Å²) in [6.45, 7) is 0.996. The molecule has 2 aromatic carbocycles. The molecule has 5 heteroatoms. The van der Waals surface area contributed by atoms with Crippen LogP contribution in [0.4, 0.5) is 0 Å². The molecule has 4 nitrogen and oxygen atoms in total. The third-order valence-electron chi connectivity index (χ3n) is 3.25. The normalized spacial score (nSPS) is 11.5. The highest BCUT2D eigenvalue weighted by atomic mass is 32.1. The summed E-state index contributed by atoms with van der Waals surface area (Å²) in [6, 6.07) is 17.3. The standard InChI is InChI=1S/C17H20N2O2S/c1-21-15-9-7-13(8-10-15)11-18-17(22)19-12-16(20)14-5-3-2-4-6-14/h2-10,16,20H,11-12H2,1H3,(H2,18,19,22)/t16-/m0/s1. The van der Waals surface area contributed by atoms with Crippen molar-refractivity contribution in [3.63, 3.8) is 0 Å². The number of hydrogen-bond acceptors (Lipinski definition) is 3. The smallest absolute Gasteiger partial charge is 0.166 e. The fourth-order valence-electron chi connectivity index (χ4n) is 1.97. The number of nitrogens with one attached hydrogen (secondary N) is 2. The zero-order valence-corrected chi connectivity index (χ0v) is 13.3. The molecular formula is C17H20N2O2S. The maximum absolute atomic E-state index is 10.0. The summed E-state index contributed by atoms with van der Waals surface area (Å²) in [5.74, 6) is 0.829. The zero-order chi connectivity index (χ0) is 15.8. The summed E-state index contributed by atoms with van der Waals surface area (Å²) in [7, 11) is 1.64. The maximum atomic E-state index is 10.0. The fourth-order valence-corrected chi connectivity index (χ4v) is 2.13. The molecule has 0 saturated carbocycles. The van der Waals surface area contributed by atoms with Gasteiger partial charge in [-0.25, -0.2) is 0 Å². The lowest BCUT2D eigenvalue weighted by atomic mass is 10.1. The minimum Gasteiger partial charge on any atom is -0.497 e. The number of rotatable bonds is 6. The van der Waals surface area contributed by atoms with Crippen molar-refractivity contribution in [2.75, 3.05) is 13.7 Å². The number of benzene rings is 2. The molecule has 0 unspecified atom stereocenters. The molecule has 0 radical (unpaired) electrons. The average Bonchev–Trinajstić information content (AvgIpc) is 2.59. The van der Waals surface area contributed by atoms with Gasteiger partial charge in [0.05, 0.1) is 13.2 Å². The van der Waals surface area contributed by atoms with Crippen LogP contribution in [0.2, 0.25) is 0 Å². The van der Waals surface area contributed by atoms with E-state index in [0.717, 1.165) is 16.9 Å². The lowest BCUT2D eigenvalue weighted by Gasteiger charge is -2.15. The Hall–Kier alpha value is -2.11. The Morgan fingerprint density at radius 2 is 1.77 bits per heavy atom. The first kappa shape index (κ1) is 16.3. The lowest BCUT2D eigenvalue weighted by molar-refractivity contribution is 0.181. The fraction of sp³-hybridized carbons (Fsp3) is 0.235. The molecule has 1 atom stereocenters. The molecule has 0 aliphatic carbocycles. The molecule has 2 aromatic rings. The van der Waals surface area contributed by atoms with Gasteiger partial charge in [0.25, 0.3) is 0 Å². The van der Waals surface area contributed by atoms with E-state index >= 15 is 0 Å². The number of thiocarbonyl (C=S) groups is 1. The molecule has 2 rings (SSSR count). The van der Waals surface area contributed by atoms with Crippen LogP contribution in [0, 0.1) is 0 Å². The van der Waals surface area contributed by atoms with Gasteiger partial charge >= 0.3 is 0 Å². The summed E-state index contributed by atoms with van der Waals surface area (Å²) in [4.78, 5) is 0. The third-order valence-corrected chi connectivity index (χ3v) is 3.54. The van der Waals surface area contributed by atoms with Crippen molar-refractivity contribution in [1.82, 2.24) is 10.6 Å². The van der Waals surface area contributed by atoms with E-state index in [1.54, 1.807) is 7.11 Å². The van der Waals surface area contributed by atoms with Gasteiger partial charge in [0.15, 0.2) is 5.11 Å². The highest BCUT2D eigenvalue weighted by Crippen LogP contribution is 2.11. The molecule has 22 heavy (non-hydrogen) atoms. The average molecular weight is 316 g/mol. The first-order valence-corrected chi connectivity index (χ1v) is 7.47. The number of ether oxygens (including phenoxy) is 1. The van der Waals surface area contributed by atoms with E-state index in [1.807, 2.05) is 54.6 Å². The molecule has 0 aromatic heterocycles. The van der Waals surface area contributed by atoms with Crippen LogP contribution in [0.15, 0.2) is 54.6 Å². The zero-order valence-electron chi connectivity index (χ0n) is 12.5. The Morgan fingerprint density at radius 3 is 2.41 bits per heavy atom. The van der Waals surface area contributed by atoms with Gasteiger partial charge in [-0.15, -0.1) is 0 Å². The first-order chi connectivity index (χ1) is 10.7. The van der Waals surface area contributed by atoms with E-state index in [9.17, 15) is 5.11 Å². The molecule has 0 aliphatic rings. The Bertz CT molecular complexity index is 587. The molecular weight excluding hydrogens is 296 g/mol. The maximum Gasteiger partial charge on any atom is 0.166 e. The number of hydrogen-bond donors (Lipinski definition) is 3. The van der Waals surface area contributed by atoms with Gasteiger partial charge in [-0.05, 0) is 35.5 Å². The second kappa shape index (κ2) is 8.36. The molecule has 0 heterocycles. The quantitative estimate of drug-likeness (QED) is 0.715. The summed E-state index contributed by atoms with van der Waals surface area (Å²) in [5.41, 5.74) is 1.97. The van der Waals surface area contributed by atoms with Crippen molar-refractivity contribution in [2.24, 2.45) is 0 Å². The Morgan fingerprint density at radius 1 is 1.09 bits per heavy atom. The van der Waals surface area contributed by atoms with Crippen LogP contribution in [-0.2, 0) is 6.54 Å².